The van der Waals surface area contributed by atoms with Crippen LogP contribution < -0.4 is 0 Å². The number of nitrogens with one attached hydrogen (secondary N) is 1. The molecule has 8 heteroatoms. The number of benzene rings is 2. The lowest BCUT2D eigenvalue weighted by atomic mass is 9.92. The molecule has 1 amide bonds. The van der Waals surface area contributed by atoms with Crippen LogP contribution in [-0.4, -0.2) is 83.6 Å². The van der Waals surface area contributed by atoms with Crippen LogP contribution in [0.3, 0.4) is 0 Å². The fourth-order valence-corrected chi connectivity index (χ4v) is 4.78. The van der Waals surface area contributed by atoms with Crippen molar-refractivity contribution in [3.8, 4) is 0 Å². The Kier molecular flexibility index (Phi) is 10.9. The Morgan fingerprint density at radius 3 is 2.26 bits per heavy atom. The topological polar surface area (TPSA) is 62.8 Å². The van der Waals surface area contributed by atoms with Crippen molar-refractivity contribution in [1.29, 1.82) is 0 Å². The van der Waals surface area contributed by atoms with Crippen LogP contribution in [0.4, 0.5) is 0 Å². The van der Waals surface area contributed by atoms with Crippen molar-refractivity contribution in [2.24, 2.45) is 0 Å². The van der Waals surface area contributed by atoms with E-state index in [0.29, 0.717) is 6.54 Å². The Hall–Kier alpha value is -2.09. The van der Waals surface area contributed by atoms with E-state index in [9.17, 15) is 4.79 Å². The molecular formula is C26H36Cl2N4O2. The van der Waals surface area contributed by atoms with E-state index in [2.05, 4.69) is 75.3 Å². The first-order chi connectivity index (χ1) is 15.6. The summed E-state index contributed by atoms with van der Waals surface area (Å²) in [7, 11) is 2.15. The maximum Gasteiger partial charge on any atom is 0.237 e. The SMILES string of the molecule is CCO.CN1CCN(CC(=O)N2CCc3c([nH]c4ccccc34)C2c2ccccc2)CC1.Cl.Cl. The predicted octanol–water partition coefficient (Wildman–Crippen LogP) is 3.73. The largest absolute Gasteiger partial charge is 0.397 e. The number of aliphatic hydroxyl groups excluding tert-OH is 1. The maximum absolute atomic E-state index is 13.4. The zero-order chi connectivity index (χ0) is 22.5. The molecule has 1 fully saturated rings. The lowest BCUT2D eigenvalue weighted by Gasteiger charge is -2.38. The first-order valence-corrected chi connectivity index (χ1v) is 11.6. The van der Waals surface area contributed by atoms with E-state index in [1.807, 2.05) is 6.07 Å². The van der Waals surface area contributed by atoms with Crippen LogP contribution in [0.25, 0.3) is 10.9 Å². The number of carbonyl (C=O) groups excluding carboxylic acids is 1. The molecule has 34 heavy (non-hydrogen) atoms. The number of amides is 1. The summed E-state index contributed by atoms with van der Waals surface area (Å²) in [5.74, 6) is 0.229. The fourth-order valence-electron chi connectivity index (χ4n) is 4.78. The van der Waals surface area contributed by atoms with E-state index < -0.39 is 0 Å². The molecule has 0 radical (unpaired) electrons. The van der Waals surface area contributed by atoms with Gasteiger partial charge in [-0.05, 0) is 37.6 Å². The van der Waals surface area contributed by atoms with Gasteiger partial charge in [0.15, 0.2) is 0 Å². The number of piperazine rings is 1. The second-order valence-corrected chi connectivity index (χ2v) is 8.61. The molecular weight excluding hydrogens is 471 g/mol. The summed E-state index contributed by atoms with van der Waals surface area (Å²) in [4.78, 5) is 23.8. The van der Waals surface area contributed by atoms with E-state index in [0.717, 1.165) is 44.7 Å². The van der Waals surface area contributed by atoms with Gasteiger partial charge in [0.25, 0.3) is 0 Å². The van der Waals surface area contributed by atoms with Crippen molar-refractivity contribution in [2.45, 2.75) is 19.4 Å². The van der Waals surface area contributed by atoms with Gasteiger partial charge in [0.05, 0.1) is 12.6 Å². The summed E-state index contributed by atoms with van der Waals surface area (Å²) < 4.78 is 0. The van der Waals surface area contributed by atoms with E-state index in [4.69, 9.17) is 5.11 Å². The van der Waals surface area contributed by atoms with Gasteiger partial charge in [-0.2, -0.15) is 0 Å². The lowest BCUT2D eigenvalue weighted by molar-refractivity contribution is -0.135. The van der Waals surface area contributed by atoms with Crippen molar-refractivity contribution in [3.63, 3.8) is 0 Å². The van der Waals surface area contributed by atoms with E-state index in [-0.39, 0.29) is 43.4 Å². The molecule has 186 valence electrons. The molecule has 0 saturated carbocycles. The molecule has 0 bridgehead atoms. The molecule has 2 aromatic carbocycles. The van der Waals surface area contributed by atoms with Gasteiger partial charge in [0, 0.05) is 55.9 Å². The minimum absolute atomic E-state index is 0. The summed E-state index contributed by atoms with van der Waals surface area (Å²) in [5.41, 5.74) is 4.87. The number of H-pyrrole nitrogens is 1. The van der Waals surface area contributed by atoms with E-state index in [1.54, 1.807) is 6.92 Å². The Morgan fingerprint density at radius 2 is 1.59 bits per heavy atom. The van der Waals surface area contributed by atoms with Crippen LogP contribution in [-0.2, 0) is 11.2 Å². The van der Waals surface area contributed by atoms with Gasteiger partial charge in [-0.15, -0.1) is 24.8 Å². The average molecular weight is 508 g/mol. The van der Waals surface area contributed by atoms with Crippen molar-refractivity contribution < 1.29 is 9.90 Å². The Labute approximate surface area is 214 Å². The normalized spacial score (nSPS) is 18.2. The minimum atomic E-state index is -0.0488. The highest BCUT2D eigenvalue weighted by Crippen LogP contribution is 2.38. The van der Waals surface area contributed by atoms with Gasteiger partial charge < -0.3 is 19.9 Å². The molecule has 1 saturated heterocycles. The lowest BCUT2D eigenvalue weighted by Crippen LogP contribution is -2.50. The standard InChI is InChI=1S/C24H28N4O.C2H6O.2ClH/c1-26-13-15-27(16-14-26)17-22(29)28-12-11-20-19-9-5-6-10-21(19)25-23(20)24(28)18-7-3-2-4-8-18;1-2-3;;/h2-10,24-25H,11-17H2,1H3;3H,2H2,1H3;2*1H. The smallest absolute Gasteiger partial charge is 0.237 e. The molecule has 5 rings (SSSR count). The summed E-state index contributed by atoms with van der Waals surface area (Å²) in [5, 5.41) is 8.86. The Morgan fingerprint density at radius 1 is 0.971 bits per heavy atom. The molecule has 3 heterocycles. The molecule has 0 aliphatic carbocycles. The minimum Gasteiger partial charge on any atom is -0.397 e. The van der Waals surface area contributed by atoms with Crippen molar-refractivity contribution in [3.05, 3.63) is 71.4 Å². The summed E-state index contributed by atoms with van der Waals surface area (Å²) >= 11 is 0. The number of rotatable bonds is 3. The molecule has 1 aromatic heterocycles. The fraction of sp³-hybridized carbons (Fsp3) is 0.423. The highest BCUT2D eigenvalue weighted by Gasteiger charge is 2.35. The van der Waals surface area contributed by atoms with Gasteiger partial charge >= 0.3 is 0 Å². The van der Waals surface area contributed by atoms with Crippen molar-refractivity contribution in [1.82, 2.24) is 19.7 Å². The number of aromatic amines is 1. The number of hydrogen-bond acceptors (Lipinski definition) is 4. The van der Waals surface area contributed by atoms with Crippen LogP contribution in [0.2, 0.25) is 0 Å². The number of carbonyl (C=O) groups is 1. The molecule has 1 atom stereocenters. The molecule has 2 aliphatic rings. The highest BCUT2D eigenvalue weighted by molar-refractivity contribution is 5.87. The summed E-state index contributed by atoms with van der Waals surface area (Å²) in [6.07, 6.45) is 0.900. The van der Waals surface area contributed by atoms with Gasteiger partial charge in [-0.1, -0.05) is 48.5 Å². The number of para-hydroxylation sites is 1. The van der Waals surface area contributed by atoms with Crippen LogP contribution in [0.15, 0.2) is 54.6 Å². The van der Waals surface area contributed by atoms with Crippen LogP contribution in [0.1, 0.15) is 29.8 Å². The maximum atomic E-state index is 13.4. The monoisotopic (exact) mass is 506 g/mol. The number of halogens is 2. The van der Waals surface area contributed by atoms with Crippen molar-refractivity contribution >= 4 is 41.6 Å². The van der Waals surface area contributed by atoms with Gasteiger partial charge in [-0.3, -0.25) is 9.69 Å². The van der Waals surface area contributed by atoms with Gasteiger partial charge in [-0.25, -0.2) is 0 Å². The number of hydrogen-bond donors (Lipinski definition) is 2. The second-order valence-electron chi connectivity index (χ2n) is 8.61. The predicted molar refractivity (Wildman–Crippen MR) is 143 cm³/mol. The Bertz CT molecular complexity index is 1040. The van der Waals surface area contributed by atoms with Crippen LogP contribution in [0, 0.1) is 0 Å². The summed E-state index contributed by atoms with van der Waals surface area (Å²) in [6, 6.07) is 18.9. The Balaban J connectivity index is 0.000000778. The van der Waals surface area contributed by atoms with Gasteiger partial charge in [0.2, 0.25) is 5.91 Å². The average Bonchev–Trinajstić information content (AvgIpc) is 3.20. The molecule has 1 unspecified atom stereocenters. The zero-order valence-electron chi connectivity index (χ0n) is 19.9. The molecule has 6 nitrogen and oxygen atoms in total. The second kappa shape index (κ2) is 13.1. The first kappa shape index (κ1) is 28.1. The molecule has 3 aromatic rings. The van der Waals surface area contributed by atoms with E-state index in [1.165, 1.54) is 22.2 Å². The number of nitrogens with zero attached hydrogens (tertiary/aromatic N) is 3. The van der Waals surface area contributed by atoms with Gasteiger partial charge in [0.1, 0.15) is 0 Å². The molecule has 0 spiro atoms. The third-order valence-corrected chi connectivity index (χ3v) is 6.42. The van der Waals surface area contributed by atoms with Crippen LogP contribution in [0.5, 0.6) is 0 Å². The number of aromatic nitrogens is 1. The third-order valence-electron chi connectivity index (χ3n) is 6.42. The molecule has 2 aliphatic heterocycles. The number of likely N-dealkylation sites (N-methyl/N-ethyl adjacent to an activating group) is 1. The highest BCUT2D eigenvalue weighted by atomic mass is 35.5. The number of aliphatic hydroxyl groups is 1. The van der Waals surface area contributed by atoms with Crippen LogP contribution >= 0.6 is 24.8 Å². The quantitative estimate of drug-likeness (QED) is 0.567. The summed E-state index contributed by atoms with van der Waals surface area (Å²) in [6.45, 7) is 7.18. The molecule has 2 N–H and O–H groups in total. The van der Waals surface area contributed by atoms with Crippen molar-refractivity contribution in [2.75, 3.05) is 52.9 Å². The number of fused-ring (bicyclic) bond motifs is 3. The first-order valence-electron chi connectivity index (χ1n) is 11.6. The van der Waals surface area contributed by atoms with E-state index >= 15 is 0 Å². The third kappa shape index (κ3) is 6.12. The zero-order valence-corrected chi connectivity index (χ0v) is 21.6.